The number of aliphatic hydroxyl groups excluding tert-OH is 11. The predicted molar refractivity (Wildman–Crippen MR) is 131 cm³/mol. The average Bonchev–Trinajstić information content (AvgIpc) is 2.98. The smallest absolute Gasteiger partial charge is 0.367 e. The van der Waals surface area contributed by atoms with E-state index in [1.54, 1.807) is 0 Å². The summed E-state index contributed by atoms with van der Waals surface area (Å²) in [6.07, 6.45) is -27.5. The highest BCUT2D eigenvalue weighted by molar-refractivity contribution is 5.76. The summed E-state index contributed by atoms with van der Waals surface area (Å²) in [5.41, 5.74) is 0. The van der Waals surface area contributed by atoms with Crippen molar-refractivity contribution in [1.29, 1.82) is 0 Å². The first-order valence-corrected chi connectivity index (χ1v) is 13.4. The minimum absolute atomic E-state index is 0.748. The molecule has 21 heteroatoms. The first-order chi connectivity index (χ1) is 20.6. The van der Waals surface area contributed by atoms with Crippen LogP contribution in [0.2, 0.25) is 0 Å². The summed E-state index contributed by atoms with van der Waals surface area (Å²) in [4.78, 5) is 34.1. The second kappa shape index (κ2) is 15.2. The molecule has 256 valence electrons. The summed E-state index contributed by atoms with van der Waals surface area (Å²) < 4.78 is 21.1. The van der Waals surface area contributed by atoms with Crippen LogP contribution in [0.1, 0.15) is 13.3 Å². The number of amides is 1. The quantitative estimate of drug-likeness (QED) is 0.0689. The van der Waals surface area contributed by atoms with Gasteiger partial charge in [0, 0.05) is 13.3 Å². The van der Waals surface area contributed by atoms with Crippen LogP contribution in [0.3, 0.4) is 0 Å². The highest BCUT2D eigenvalue weighted by atomic mass is 17.2. The zero-order chi connectivity index (χ0) is 33.1. The van der Waals surface area contributed by atoms with Crippen molar-refractivity contribution in [1.82, 2.24) is 5.32 Å². The van der Waals surface area contributed by atoms with E-state index in [9.17, 15) is 70.9 Å². The summed E-state index contributed by atoms with van der Waals surface area (Å²) >= 11 is 0. The van der Waals surface area contributed by atoms with Crippen LogP contribution in [0.5, 0.6) is 0 Å². The third-order valence-corrected chi connectivity index (χ3v) is 7.43. The monoisotopic (exact) mass is 649 g/mol. The van der Waals surface area contributed by atoms with E-state index >= 15 is 0 Å². The molecule has 1 unspecified atom stereocenters. The number of carboxylic acids is 1. The van der Waals surface area contributed by atoms with Gasteiger partial charge in [-0.15, -0.1) is 0 Å². The van der Waals surface area contributed by atoms with Gasteiger partial charge in [0.1, 0.15) is 61.0 Å². The van der Waals surface area contributed by atoms with Crippen LogP contribution >= 0.6 is 0 Å². The second-order valence-corrected chi connectivity index (χ2v) is 10.6. The fraction of sp³-hybridized carbons (Fsp3) is 0.913. The van der Waals surface area contributed by atoms with Gasteiger partial charge >= 0.3 is 11.8 Å². The molecule has 3 aliphatic rings. The van der Waals surface area contributed by atoms with Crippen LogP contribution < -0.4 is 5.32 Å². The van der Waals surface area contributed by atoms with Crippen LogP contribution in [0, 0.1) is 0 Å². The van der Waals surface area contributed by atoms with Gasteiger partial charge in [0.05, 0.1) is 32.0 Å². The number of rotatable bonds is 12. The van der Waals surface area contributed by atoms with Crippen molar-refractivity contribution in [3.63, 3.8) is 0 Å². The Bertz CT molecular complexity index is 959. The van der Waals surface area contributed by atoms with Gasteiger partial charge < -0.3 is 85.5 Å². The molecule has 0 aromatic heterocycles. The summed E-state index contributed by atoms with van der Waals surface area (Å²) in [6.45, 7) is -1.82. The first-order valence-electron chi connectivity index (χ1n) is 13.4. The van der Waals surface area contributed by atoms with Gasteiger partial charge in [-0.2, -0.15) is 4.89 Å². The van der Waals surface area contributed by atoms with Crippen molar-refractivity contribution in [2.45, 2.75) is 111 Å². The van der Waals surface area contributed by atoms with Crippen LogP contribution in [-0.4, -0.2) is 191 Å². The molecule has 0 radical (unpaired) electrons. The van der Waals surface area contributed by atoms with Crippen molar-refractivity contribution in [3.05, 3.63) is 0 Å². The van der Waals surface area contributed by atoms with Crippen molar-refractivity contribution >= 4 is 11.9 Å². The molecule has 3 aliphatic heterocycles. The first kappa shape index (κ1) is 36.7. The van der Waals surface area contributed by atoms with E-state index in [0.717, 1.165) is 6.92 Å². The van der Waals surface area contributed by atoms with E-state index in [2.05, 4.69) is 5.32 Å². The molecule has 0 bridgehead atoms. The second-order valence-electron chi connectivity index (χ2n) is 10.6. The zero-order valence-electron chi connectivity index (χ0n) is 23.1. The van der Waals surface area contributed by atoms with Crippen molar-refractivity contribution in [2.24, 2.45) is 0 Å². The fourth-order valence-electron chi connectivity index (χ4n) is 5.01. The Balaban J connectivity index is 1.86. The third kappa shape index (κ3) is 7.62. The lowest BCUT2D eigenvalue weighted by atomic mass is 9.88. The summed E-state index contributed by atoms with van der Waals surface area (Å²) in [5.74, 6) is -5.79. The van der Waals surface area contributed by atoms with Gasteiger partial charge in [-0.3, -0.25) is 4.79 Å². The number of ether oxygens (including phenoxy) is 4. The molecule has 21 nitrogen and oxygen atoms in total. The molecule has 3 rings (SSSR count). The average molecular weight is 650 g/mol. The summed E-state index contributed by atoms with van der Waals surface area (Å²) in [5, 5.41) is 124. The molecule has 3 fully saturated rings. The predicted octanol–water partition coefficient (Wildman–Crippen LogP) is -8.29. The van der Waals surface area contributed by atoms with Crippen molar-refractivity contribution in [2.75, 3.05) is 19.8 Å². The molecular formula is C23H39NO20. The van der Waals surface area contributed by atoms with Gasteiger partial charge in [-0.1, -0.05) is 0 Å². The molecule has 13 N–H and O–H groups in total. The molecule has 0 aromatic carbocycles. The van der Waals surface area contributed by atoms with Crippen LogP contribution in [-0.2, 0) is 38.3 Å². The highest BCUT2D eigenvalue weighted by Crippen LogP contribution is 2.36. The normalized spacial score (nSPS) is 44.5. The highest BCUT2D eigenvalue weighted by Gasteiger charge is 2.58. The van der Waals surface area contributed by atoms with E-state index in [4.69, 9.17) is 28.7 Å². The molecule has 0 saturated carbocycles. The minimum Gasteiger partial charge on any atom is -0.477 e. The van der Waals surface area contributed by atoms with Crippen molar-refractivity contribution < 1.29 is 99.6 Å². The maximum absolute atomic E-state index is 12.4. The lowest BCUT2D eigenvalue weighted by molar-refractivity contribution is -0.480. The summed E-state index contributed by atoms with van der Waals surface area (Å²) in [7, 11) is 0. The maximum atomic E-state index is 12.4. The van der Waals surface area contributed by atoms with E-state index in [-0.39, 0.29) is 0 Å². The molecule has 0 aliphatic carbocycles. The van der Waals surface area contributed by atoms with Gasteiger partial charge in [0.25, 0.3) is 0 Å². The number of hydrogen-bond acceptors (Lipinski definition) is 19. The fourth-order valence-corrected chi connectivity index (χ4v) is 5.01. The number of carboxylic acid groups (broad SMARTS) is 1. The Morgan fingerprint density at radius 3 is 2.09 bits per heavy atom. The Morgan fingerprint density at radius 1 is 0.909 bits per heavy atom. The SMILES string of the molecule is CC(=O)N[C@H]1[C@H]([C@H](O)[C@H](O)CO)O[C@@](OO[C@H]2[C@@H](O)[C@@H](CO)O[C@@H](O[C@H]3[C@H](O)[C@@H](O)C(O)O[C@@H]3CO)[C@@H]2O)(C(=O)O)C[C@@H]1O. The molecule has 16 atom stereocenters. The molecule has 0 spiro atoms. The molecular weight excluding hydrogens is 610 g/mol. The van der Waals surface area contributed by atoms with E-state index in [1.165, 1.54) is 0 Å². The maximum Gasteiger partial charge on any atom is 0.367 e. The van der Waals surface area contributed by atoms with E-state index < -0.39 is 136 Å². The van der Waals surface area contributed by atoms with Gasteiger partial charge in [0.15, 0.2) is 18.7 Å². The van der Waals surface area contributed by atoms with Crippen LogP contribution in [0.4, 0.5) is 0 Å². The number of hydrogen-bond donors (Lipinski definition) is 13. The number of carbonyl (C=O) groups is 2. The van der Waals surface area contributed by atoms with Gasteiger partial charge in [-0.05, 0) is 0 Å². The Kier molecular flexibility index (Phi) is 12.7. The largest absolute Gasteiger partial charge is 0.477 e. The number of nitrogens with one attached hydrogen (secondary N) is 1. The van der Waals surface area contributed by atoms with Crippen LogP contribution in [0.15, 0.2) is 0 Å². The van der Waals surface area contributed by atoms with E-state index in [1.807, 2.05) is 0 Å². The number of aliphatic carboxylic acids is 1. The molecule has 0 aromatic rings. The Morgan fingerprint density at radius 2 is 1.55 bits per heavy atom. The number of aliphatic hydroxyl groups is 11. The number of carbonyl (C=O) groups excluding carboxylic acids is 1. The van der Waals surface area contributed by atoms with Crippen molar-refractivity contribution in [3.8, 4) is 0 Å². The van der Waals surface area contributed by atoms with Crippen LogP contribution in [0.25, 0.3) is 0 Å². The Labute approximate surface area is 248 Å². The lowest BCUT2D eigenvalue weighted by Crippen LogP contribution is -2.68. The van der Waals surface area contributed by atoms with E-state index in [0.29, 0.717) is 0 Å². The molecule has 3 saturated heterocycles. The third-order valence-electron chi connectivity index (χ3n) is 7.43. The van der Waals surface area contributed by atoms with Gasteiger partial charge in [0.2, 0.25) is 5.91 Å². The molecule has 44 heavy (non-hydrogen) atoms. The topological polar surface area (TPSA) is 344 Å². The summed E-state index contributed by atoms with van der Waals surface area (Å²) in [6, 6.07) is -1.53. The molecule has 1 amide bonds. The zero-order valence-corrected chi connectivity index (χ0v) is 23.1. The van der Waals surface area contributed by atoms with Gasteiger partial charge in [-0.25, -0.2) is 9.68 Å². The molecule has 3 heterocycles. The standard InChI is InChI=1S/C23H39NO20/c1-6(28)24-11-7(29)2-23(22(37)38,42-18(11)12(31)8(30)3-25)44-43-19-13(32)9(4-26)40-21(16(19)35)41-17-10(5-27)39-20(36)15(34)14(17)33/h7-21,25-27,29-36H,2-5H2,1H3,(H,24,28)(H,37,38)/t7-,8+,9+,10+,11+,12+,13-,14+,15+,16+,17+,18+,19-,20?,21-,23-/m0/s1. The lowest BCUT2D eigenvalue weighted by Gasteiger charge is -2.47. The minimum atomic E-state index is -3.05. The Hall–Kier alpha value is -1.74.